The first kappa shape index (κ1) is 26.5. The Balaban J connectivity index is 1.22. The molecule has 1 fully saturated rings. The fraction of sp³-hybridized carbons (Fsp3) is 0.370. The molecule has 8 nitrogen and oxygen atoms in total. The number of nitrogens with one attached hydrogen (secondary N) is 1. The fourth-order valence-corrected chi connectivity index (χ4v) is 4.53. The van der Waals surface area contributed by atoms with Crippen molar-refractivity contribution in [2.45, 2.75) is 57.0 Å². The van der Waals surface area contributed by atoms with Crippen molar-refractivity contribution in [1.82, 2.24) is 24.9 Å². The van der Waals surface area contributed by atoms with Gasteiger partial charge in [-0.15, -0.1) is 0 Å². The maximum Gasteiger partial charge on any atom is 0.401 e. The summed E-state index contributed by atoms with van der Waals surface area (Å²) in [6.07, 6.45) is 0.730. The molecule has 39 heavy (non-hydrogen) atoms. The van der Waals surface area contributed by atoms with Crippen molar-refractivity contribution in [3.05, 3.63) is 77.1 Å². The lowest BCUT2D eigenvalue weighted by atomic mass is 10.0. The van der Waals surface area contributed by atoms with Crippen molar-refractivity contribution in [2.24, 2.45) is 7.05 Å². The second kappa shape index (κ2) is 9.90. The number of anilines is 1. The number of amides is 1. The SMILES string of the molecule is CC(C)c1nn(C)cc1Cc1ncc(-c2ccc(CC(=O)Nc3cc(C4(C(F)(F)F)CC4)on3)c(F)c2)cn1. The maximum atomic E-state index is 14.8. The molecule has 204 valence electrons. The molecule has 5 rings (SSSR count). The maximum absolute atomic E-state index is 14.8. The summed E-state index contributed by atoms with van der Waals surface area (Å²) in [6.45, 7) is 4.15. The number of nitrogens with zero attached hydrogens (tertiary/aromatic N) is 5. The first-order chi connectivity index (χ1) is 18.4. The molecule has 0 aliphatic heterocycles. The number of benzene rings is 1. The van der Waals surface area contributed by atoms with Gasteiger partial charge in [0.05, 0.1) is 12.1 Å². The van der Waals surface area contributed by atoms with Crippen molar-refractivity contribution >= 4 is 11.7 Å². The molecule has 0 radical (unpaired) electrons. The lowest BCUT2D eigenvalue weighted by Crippen LogP contribution is -2.28. The smallest absolute Gasteiger partial charge is 0.358 e. The van der Waals surface area contributed by atoms with Crippen molar-refractivity contribution in [2.75, 3.05) is 5.32 Å². The minimum absolute atomic E-state index is 0.0893. The van der Waals surface area contributed by atoms with Gasteiger partial charge >= 0.3 is 6.18 Å². The molecule has 4 aromatic rings. The van der Waals surface area contributed by atoms with Gasteiger partial charge in [-0.05, 0) is 36.0 Å². The fourth-order valence-electron chi connectivity index (χ4n) is 4.53. The molecule has 0 spiro atoms. The van der Waals surface area contributed by atoms with E-state index in [2.05, 4.69) is 39.4 Å². The molecule has 1 aliphatic rings. The Hall–Kier alpha value is -4.09. The predicted octanol–water partition coefficient (Wildman–Crippen LogP) is 5.49. The number of carbonyl (C=O) groups excluding carboxylic acids is 1. The van der Waals surface area contributed by atoms with E-state index in [-0.39, 0.29) is 42.3 Å². The van der Waals surface area contributed by atoms with E-state index < -0.39 is 23.3 Å². The van der Waals surface area contributed by atoms with Crippen LogP contribution in [0.15, 0.2) is 47.4 Å². The van der Waals surface area contributed by atoms with Crippen LogP contribution in [0.2, 0.25) is 0 Å². The molecule has 1 amide bonds. The number of rotatable bonds is 8. The number of alkyl halides is 3. The molecule has 12 heteroatoms. The van der Waals surface area contributed by atoms with Gasteiger partial charge in [0.25, 0.3) is 0 Å². The standard InChI is InChI=1S/C27H26F4N6O2/c1-15(2)25-18(14-37(3)35-25)9-22-32-12-19(13-33-22)16-4-5-17(20(28)8-16)10-24(38)34-23-11-21(39-36-23)26(6-7-26)27(29,30)31/h4-5,8,11-15H,6-7,9-10H2,1-3H3,(H,34,36,38). The summed E-state index contributed by atoms with van der Waals surface area (Å²) in [6, 6.07) is 5.48. The number of aryl methyl sites for hydroxylation is 1. The van der Waals surface area contributed by atoms with Crippen LogP contribution in [0, 0.1) is 5.82 Å². The highest BCUT2D eigenvalue weighted by molar-refractivity contribution is 5.91. The third kappa shape index (κ3) is 5.41. The Morgan fingerprint density at radius 1 is 1.13 bits per heavy atom. The van der Waals surface area contributed by atoms with E-state index >= 15 is 0 Å². The van der Waals surface area contributed by atoms with Gasteiger partial charge in [0.15, 0.2) is 11.6 Å². The van der Waals surface area contributed by atoms with E-state index in [1.807, 2.05) is 13.2 Å². The van der Waals surface area contributed by atoms with Crippen LogP contribution in [0.1, 0.15) is 61.0 Å². The minimum atomic E-state index is -4.46. The second-order valence-electron chi connectivity index (χ2n) is 10.1. The van der Waals surface area contributed by atoms with Crippen LogP contribution in [0.4, 0.5) is 23.4 Å². The summed E-state index contributed by atoms with van der Waals surface area (Å²) in [5.74, 6) is -0.856. The van der Waals surface area contributed by atoms with Gasteiger partial charge in [-0.1, -0.05) is 31.1 Å². The van der Waals surface area contributed by atoms with Crippen LogP contribution in [-0.2, 0) is 30.1 Å². The van der Waals surface area contributed by atoms with E-state index in [9.17, 15) is 22.4 Å². The van der Waals surface area contributed by atoms with Crippen LogP contribution >= 0.6 is 0 Å². The zero-order chi connectivity index (χ0) is 27.9. The first-order valence-corrected chi connectivity index (χ1v) is 12.4. The molecule has 0 saturated heterocycles. The van der Waals surface area contributed by atoms with Gasteiger partial charge in [0.2, 0.25) is 5.91 Å². The van der Waals surface area contributed by atoms with Crippen molar-refractivity contribution in [1.29, 1.82) is 0 Å². The highest BCUT2D eigenvalue weighted by Gasteiger charge is 2.66. The van der Waals surface area contributed by atoms with E-state index in [0.717, 1.165) is 17.3 Å². The number of aromatic nitrogens is 5. The molecule has 1 N–H and O–H groups in total. The number of carbonyl (C=O) groups is 1. The lowest BCUT2D eigenvalue weighted by Gasteiger charge is -2.14. The van der Waals surface area contributed by atoms with Crippen LogP contribution in [0.25, 0.3) is 11.1 Å². The summed E-state index contributed by atoms with van der Waals surface area (Å²) in [5, 5.41) is 10.4. The summed E-state index contributed by atoms with van der Waals surface area (Å²) in [4.78, 5) is 21.3. The molecule has 3 heterocycles. The highest BCUT2D eigenvalue weighted by Crippen LogP contribution is 2.59. The Labute approximate surface area is 221 Å². The normalized spacial score (nSPS) is 14.6. The molecule has 0 atom stereocenters. The Bertz CT molecular complexity index is 1500. The third-order valence-electron chi connectivity index (χ3n) is 6.82. The van der Waals surface area contributed by atoms with E-state index in [1.54, 1.807) is 23.1 Å². The van der Waals surface area contributed by atoms with Gasteiger partial charge < -0.3 is 9.84 Å². The summed E-state index contributed by atoms with van der Waals surface area (Å²) in [7, 11) is 1.87. The van der Waals surface area contributed by atoms with Gasteiger partial charge in [-0.2, -0.15) is 18.3 Å². The molecule has 3 aromatic heterocycles. The van der Waals surface area contributed by atoms with Crippen molar-refractivity contribution in [3.63, 3.8) is 0 Å². The molecule has 1 aliphatic carbocycles. The molecule has 0 unspecified atom stereocenters. The zero-order valence-corrected chi connectivity index (χ0v) is 21.5. The zero-order valence-electron chi connectivity index (χ0n) is 21.5. The van der Waals surface area contributed by atoms with E-state index in [1.165, 1.54) is 12.1 Å². The average Bonchev–Trinajstić information content (AvgIpc) is 3.44. The van der Waals surface area contributed by atoms with Gasteiger partial charge in [0.1, 0.15) is 17.1 Å². The van der Waals surface area contributed by atoms with Crippen LogP contribution in [-0.4, -0.2) is 37.0 Å². The Morgan fingerprint density at radius 3 is 2.46 bits per heavy atom. The molecule has 0 bridgehead atoms. The number of halogens is 4. The van der Waals surface area contributed by atoms with Crippen LogP contribution in [0.5, 0.6) is 0 Å². The van der Waals surface area contributed by atoms with Crippen molar-refractivity contribution in [3.8, 4) is 11.1 Å². The van der Waals surface area contributed by atoms with E-state index in [4.69, 9.17) is 4.52 Å². The Kier molecular flexibility index (Phi) is 6.73. The van der Waals surface area contributed by atoms with E-state index in [0.29, 0.717) is 23.4 Å². The quantitative estimate of drug-likeness (QED) is 0.296. The molecule has 1 aromatic carbocycles. The number of hydrogen-bond acceptors (Lipinski definition) is 6. The monoisotopic (exact) mass is 542 g/mol. The first-order valence-electron chi connectivity index (χ1n) is 12.4. The van der Waals surface area contributed by atoms with Crippen molar-refractivity contribution < 1.29 is 26.9 Å². The predicted molar refractivity (Wildman–Crippen MR) is 133 cm³/mol. The molecular formula is C27H26F4N6O2. The summed E-state index contributed by atoms with van der Waals surface area (Å²) < 4.78 is 61.2. The van der Waals surface area contributed by atoms with Gasteiger partial charge in [-0.3, -0.25) is 9.48 Å². The summed E-state index contributed by atoms with van der Waals surface area (Å²) in [5.41, 5.74) is 1.26. The van der Waals surface area contributed by atoms with Crippen LogP contribution in [0.3, 0.4) is 0 Å². The lowest BCUT2D eigenvalue weighted by molar-refractivity contribution is -0.165. The summed E-state index contributed by atoms with van der Waals surface area (Å²) >= 11 is 0. The minimum Gasteiger partial charge on any atom is -0.358 e. The topological polar surface area (TPSA) is 98.7 Å². The highest BCUT2D eigenvalue weighted by atomic mass is 19.4. The molecule has 1 saturated carbocycles. The second-order valence-corrected chi connectivity index (χ2v) is 10.1. The van der Waals surface area contributed by atoms with Gasteiger partial charge in [-0.25, -0.2) is 14.4 Å². The third-order valence-corrected chi connectivity index (χ3v) is 6.82. The number of hydrogen-bond donors (Lipinski definition) is 1. The van der Waals surface area contributed by atoms with Gasteiger partial charge in [0, 0.05) is 49.3 Å². The molecular weight excluding hydrogens is 516 g/mol. The largest absolute Gasteiger partial charge is 0.401 e. The average molecular weight is 543 g/mol. The van der Waals surface area contributed by atoms with Crippen LogP contribution < -0.4 is 5.32 Å². The Morgan fingerprint density at radius 2 is 1.85 bits per heavy atom.